The fourth-order valence-electron chi connectivity index (χ4n) is 4.50. The maximum atomic E-state index is 12.9. The molecule has 28 heavy (non-hydrogen) atoms. The van der Waals surface area contributed by atoms with Crippen molar-refractivity contribution in [3.8, 4) is 0 Å². The second kappa shape index (κ2) is 6.70. The number of rotatable bonds is 3. The predicted molar refractivity (Wildman–Crippen MR) is 107 cm³/mol. The van der Waals surface area contributed by atoms with Crippen molar-refractivity contribution in [3.05, 3.63) is 65.9 Å². The number of hydrogen-bond acceptors (Lipinski definition) is 4. The topological polar surface area (TPSA) is 76.6 Å². The molecular formula is C21H23N3O3S. The number of aromatic amines is 1. The largest absolute Gasteiger partial charge is 0.390 e. The summed E-state index contributed by atoms with van der Waals surface area (Å²) in [5.41, 5.74) is 3.65. The van der Waals surface area contributed by atoms with E-state index in [1.807, 2.05) is 12.1 Å². The lowest BCUT2D eigenvalue weighted by atomic mass is 10.0. The van der Waals surface area contributed by atoms with Crippen LogP contribution in [0.1, 0.15) is 11.3 Å². The molecule has 7 heteroatoms. The van der Waals surface area contributed by atoms with E-state index < -0.39 is 16.1 Å². The van der Waals surface area contributed by atoms with Gasteiger partial charge in [-0.15, -0.1) is 0 Å². The third-order valence-corrected chi connectivity index (χ3v) is 7.83. The summed E-state index contributed by atoms with van der Waals surface area (Å²) in [6, 6.07) is 16.5. The fourth-order valence-corrected chi connectivity index (χ4v) is 6.00. The standard InChI is InChI=1S/C21H23N3O3S/c25-21-14-24(28(26,27)15-6-2-1-3-7-15)13-20(21)23-11-10-19-17(12-23)16-8-4-5-9-18(16)22-19/h1-9,20-22,25H,10-14H2/t20-,21-/m0/s1. The molecule has 1 saturated heterocycles. The molecule has 0 saturated carbocycles. The number of hydrogen-bond donors (Lipinski definition) is 2. The summed E-state index contributed by atoms with van der Waals surface area (Å²) in [6.45, 7) is 1.98. The summed E-state index contributed by atoms with van der Waals surface area (Å²) in [5, 5.41) is 11.9. The molecule has 0 spiro atoms. The van der Waals surface area contributed by atoms with E-state index in [-0.39, 0.29) is 17.5 Å². The van der Waals surface area contributed by atoms with Crippen molar-refractivity contribution in [2.24, 2.45) is 0 Å². The highest BCUT2D eigenvalue weighted by Crippen LogP contribution is 2.31. The van der Waals surface area contributed by atoms with Gasteiger partial charge in [0.05, 0.1) is 17.0 Å². The molecule has 0 radical (unpaired) electrons. The Balaban J connectivity index is 1.39. The number of aliphatic hydroxyl groups excluding tert-OH is 1. The van der Waals surface area contributed by atoms with E-state index >= 15 is 0 Å². The van der Waals surface area contributed by atoms with Gasteiger partial charge in [-0.2, -0.15) is 4.31 Å². The van der Waals surface area contributed by atoms with Crippen LogP contribution in [0.3, 0.4) is 0 Å². The molecule has 0 unspecified atom stereocenters. The van der Waals surface area contributed by atoms with Crippen LogP contribution in [0.5, 0.6) is 0 Å². The van der Waals surface area contributed by atoms with Crippen molar-refractivity contribution < 1.29 is 13.5 Å². The number of para-hydroxylation sites is 1. The fraction of sp³-hybridized carbons (Fsp3) is 0.333. The molecular weight excluding hydrogens is 374 g/mol. The third kappa shape index (κ3) is 2.86. The second-order valence-electron chi connectivity index (χ2n) is 7.62. The molecule has 6 nitrogen and oxygen atoms in total. The molecule has 2 aliphatic heterocycles. The molecule has 5 rings (SSSR count). The van der Waals surface area contributed by atoms with E-state index in [4.69, 9.17) is 0 Å². The van der Waals surface area contributed by atoms with E-state index in [9.17, 15) is 13.5 Å². The summed E-state index contributed by atoms with van der Waals surface area (Å²) in [7, 11) is -3.59. The van der Waals surface area contributed by atoms with Crippen LogP contribution in [0.4, 0.5) is 0 Å². The van der Waals surface area contributed by atoms with E-state index in [1.165, 1.54) is 20.9 Å². The van der Waals surface area contributed by atoms with Gasteiger partial charge in [-0.3, -0.25) is 4.90 Å². The van der Waals surface area contributed by atoms with Crippen molar-refractivity contribution in [3.63, 3.8) is 0 Å². The first-order valence-electron chi connectivity index (χ1n) is 9.60. The number of benzene rings is 2. The van der Waals surface area contributed by atoms with Crippen LogP contribution in [-0.2, 0) is 23.0 Å². The summed E-state index contributed by atoms with van der Waals surface area (Å²) in [4.78, 5) is 6.01. The van der Waals surface area contributed by atoms with Crippen molar-refractivity contribution in [2.75, 3.05) is 19.6 Å². The van der Waals surface area contributed by atoms with Gasteiger partial charge in [0, 0.05) is 49.2 Å². The quantitative estimate of drug-likeness (QED) is 0.708. The first kappa shape index (κ1) is 17.9. The highest BCUT2D eigenvalue weighted by atomic mass is 32.2. The lowest BCUT2D eigenvalue weighted by Gasteiger charge is -2.33. The van der Waals surface area contributed by atoms with Crippen molar-refractivity contribution >= 4 is 20.9 Å². The molecule has 2 aromatic carbocycles. The zero-order valence-corrected chi connectivity index (χ0v) is 16.3. The smallest absolute Gasteiger partial charge is 0.243 e. The van der Waals surface area contributed by atoms with Gasteiger partial charge in [-0.1, -0.05) is 36.4 Å². The maximum Gasteiger partial charge on any atom is 0.243 e. The van der Waals surface area contributed by atoms with Crippen molar-refractivity contribution in [1.82, 2.24) is 14.2 Å². The predicted octanol–water partition coefficient (Wildman–Crippen LogP) is 1.96. The van der Waals surface area contributed by atoms with Gasteiger partial charge in [-0.05, 0) is 23.8 Å². The van der Waals surface area contributed by atoms with Gasteiger partial charge in [0.25, 0.3) is 0 Å². The average Bonchev–Trinajstić information content (AvgIpc) is 3.29. The Kier molecular flexibility index (Phi) is 4.28. The van der Waals surface area contributed by atoms with Crippen LogP contribution in [0.15, 0.2) is 59.5 Å². The lowest BCUT2D eigenvalue weighted by Crippen LogP contribution is -2.45. The average molecular weight is 398 g/mol. The Bertz CT molecular complexity index is 1110. The number of aromatic nitrogens is 1. The molecule has 0 amide bonds. The minimum absolute atomic E-state index is 0.138. The van der Waals surface area contributed by atoms with Crippen LogP contribution < -0.4 is 0 Å². The van der Waals surface area contributed by atoms with E-state index in [2.05, 4.69) is 22.0 Å². The van der Waals surface area contributed by atoms with Crippen molar-refractivity contribution in [2.45, 2.75) is 30.0 Å². The molecule has 1 fully saturated rings. The number of nitrogens with zero attached hydrogens (tertiary/aromatic N) is 2. The SMILES string of the molecule is O=S(=O)(c1ccccc1)N1C[C@H](O)[C@@H](N2CCc3[nH]c4ccccc4c3C2)C1. The number of sulfonamides is 1. The van der Waals surface area contributed by atoms with Crippen molar-refractivity contribution in [1.29, 1.82) is 0 Å². The van der Waals surface area contributed by atoms with Gasteiger partial charge in [-0.25, -0.2) is 8.42 Å². The van der Waals surface area contributed by atoms with Crippen LogP contribution in [0.25, 0.3) is 10.9 Å². The Labute approximate surface area is 164 Å². The molecule has 2 aliphatic rings. The number of fused-ring (bicyclic) bond motifs is 3. The van der Waals surface area contributed by atoms with E-state index in [0.29, 0.717) is 6.54 Å². The molecule has 3 aromatic rings. The highest BCUT2D eigenvalue weighted by Gasteiger charge is 2.42. The zero-order valence-electron chi connectivity index (χ0n) is 15.5. The first-order chi connectivity index (χ1) is 13.5. The zero-order chi connectivity index (χ0) is 19.3. The molecule has 146 valence electrons. The van der Waals surface area contributed by atoms with Crippen LogP contribution in [0.2, 0.25) is 0 Å². The number of H-pyrrole nitrogens is 1. The summed E-state index contributed by atoms with van der Waals surface area (Å²) < 4.78 is 27.3. The Morgan fingerprint density at radius 1 is 1.00 bits per heavy atom. The Morgan fingerprint density at radius 3 is 2.57 bits per heavy atom. The summed E-state index contributed by atoms with van der Waals surface area (Å²) >= 11 is 0. The number of nitrogens with one attached hydrogen (secondary N) is 1. The van der Waals surface area contributed by atoms with Gasteiger partial charge in [0.2, 0.25) is 10.0 Å². The minimum Gasteiger partial charge on any atom is -0.390 e. The van der Waals surface area contributed by atoms with Crippen LogP contribution >= 0.6 is 0 Å². The normalized spacial score (nSPS) is 23.9. The highest BCUT2D eigenvalue weighted by molar-refractivity contribution is 7.89. The van der Waals surface area contributed by atoms with Crippen LogP contribution in [0, 0.1) is 0 Å². The molecule has 0 aliphatic carbocycles. The number of β-amino-alcohol motifs (C(OH)–C–C–N with tert-alkyl or cyclic N) is 1. The minimum atomic E-state index is -3.59. The molecule has 1 aromatic heterocycles. The monoisotopic (exact) mass is 397 g/mol. The Hall–Kier alpha value is -2.19. The summed E-state index contributed by atoms with van der Waals surface area (Å²) in [5.74, 6) is 0. The van der Waals surface area contributed by atoms with E-state index in [1.54, 1.807) is 30.3 Å². The molecule has 2 atom stereocenters. The maximum absolute atomic E-state index is 12.9. The molecule has 3 heterocycles. The van der Waals surface area contributed by atoms with Gasteiger partial charge < -0.3 is 10.1 Å². The second-order valence-corrected chi connectivity index (χ2v) is 9.56. The lowest BCUT2D eigenvalue weighted by molar-refractivity contribution is 0.0747. The van der Waals surface area contributed by atoms with Gasteiger partial charge in [0.15, 0.2) is 0 Å². The summed E-state index contributed by atoms with van der Waals surface area (Å²) in [6.07, 6.45) is 0.184. The van der Waals surface area contributed by atoms with Gasteiger partial charge >= 0.3 is 0 Å². The molecule has 2 N–H and O–H groups in total. The van der Waals surface area contributed by atoms with Gasteiger partial charge in [0.1, 0.15) is 0 Å². The van der Waals surface area contributed by atoms with Crippen LogP contribution in [-0.4, -0.2) is 59.5 Å². The number of aliphatic hydroxyl groups is 1. The molecule has 0 bridgehead atoms. The Morgan fingerprint density at radius 2 is 1.75 bits per heavy atom. The third-order valence-electron chi connectivity index (χ3n) is 5.99. The van der Waals surface area contributed by atoms with E-state index in [0.717, 1.165) is 25.0 Å². The first-order valence-corrected chi connectivity index (χ1v) is 11.0.